The lowest BCUT2D eigenvalue weighted by atomic mass is 10.2. The number of carboxylic acids is 1. The monoisotopic (exact) mass is 250 g/mol. The Bertz CT molecular complexity index is 597. The fourth-order valence-electron chi connectivity index (χ4n) is 1.38. The number of aromatic carboxylic acids is 1. The van der Waals surface area contributed by atoms with E-state index in [4.69, 9.17) is 9.84 Å². The maximum atomic E-state index is 13.3. The molecule has 5 heteroatoms. The highest BCUT2D eigenvalue weighted by Crippen LogP contribution is 2.26. The fraction of sp³-hybridized carbons (Fsp3) is 0. The first-order valence-electron chi connectivity index (χ1n) is 5.03. The quantitative estimate of drug-likeness (QED) is 0.907. The molecule has 2 aromatic carbocycles. The van der Waals surface area contributed by atoms with Crippen molar-refractivity contribution in [2.75, 3.05) is 0 Å². The molecule has 0 amide bonds. The Hall–Kier alpha value is -2.43. The second-order valence-electron chi connectivity index (χ2n) is 3.49. The predicted octanol–water partition coefficient (Wildman–Crippen LogP) is 3.46. The van der Waals surface area contributed by atoms with Gasteiger partial charge in [0.2, 0.25) is 5.82 Å². The second kappa shape index (κ2) is 4.83. The van der Waals surface area contributed by atoms with Gasteiger partial charge in [0.05, 0.1) is 5.56 Å². The lowest BCUT2D eigenvalue weighted by Gasteiger charge is -2.07. The van der Waals surface area contributed by atoms with Gasteiger partial charge in [0.15, 0.2) is 11.6 Å². The standard InChI is InChI=1S/C13H8F2O3/c14-10-5-2-6-11(12(10)15)18-9-4-1-3-8(7-9)13(16)17/h1-7H,(H,16,17). The highest BCUT2D eigenvalue weighted by molar-refractivity contribution is 5.88. The number of carbonyl (C=O) groups is 1. The Kier molecular flexibility index (Phi) is 3.23. The summed E-state index contributed by atoms with van der Waals surface area (Å²) in [5.74, 6) is -3.43. The molecule has 1 N–H and O–H groups in total. The summed E-state index contributed by atoms with van der Waals surface area (Å²) < 4.78 is 31.4. The zero-order chi connectivity index (χ0) is 13.1. The van der Waals surface area contributed by atoms with Gasteiger partial charge in [-0.2, -0.15) is 4.39 Å². The summed E-state index contributed by atoms with van der Waals surface area (Å²) in [5.41, 5.74) is 0.00399. The Morgan fingerprint density at radius 1 is 1.11 bits per heavy atom. The summed E-state index contributed by atoms with van der Waals surface area (Å²) in [7, 11) is 0. The van der Waals surface area contributed by atoms with Crippen LogP contribution in [-0.2, 0) is 0 Å². The van der Waals surface area contributed by atoms with Crippen molar-refractivity contribution in [2.24, 2.45) is 0 Å². The zero-order valence-corrected chi connectivity index (χ0v) is 9.06. The maximum absolute atomic E-state index is 13.3. The Labute approximate surface area is 101 Å². The number of halogens is 2. The lowest BCUT2D eigenvalue weighted by molar-refractivity contribution is 0.0696. The van der Waals surface area contributed by atoms with Crippen LogP contribution in [0.3, 0.4) is 0 Å². The third kappa shape index (κ3) is 2.45. The van der Waals surface area contributed by atoms with E-state index >= 15 is 0 Å². The largest absolute Gasteiger partial charge is 0.478 e. The Morgan fingerprint density at radius 2 is 1.83 bits per heavy atom. The number of ether oxygens (including phenoxy) is 1. The molecule has 0 aromatic heterocycles. The van der Waals surface area contributed by atoms with E-state index in [2.05, 4.69) is 0 Å². The van der Waals surface area contributed by atoms with Gasteiger partial charge < -0.3 is 9.84 Å². The first kappa shape index (κ1) is 12.0. The molecule has 3 nitrogen and oxygen atoms in total. The molecule has 0 aliphatic rings. The molecular formula is C13H8F2O3. The minimum absolute atomic E-state index is 0.00399. The van der Waals surface area contributed by atoms with Crippen molar-refractivity contribution >= 4 is 5.97 Å². The number of hydrogen-bond acceptors (Lipinski definition) is 2. The summed E-state index contributed by atoms with van der Waals surface area (Å²) >= 11 is 0. The van der Waals surface area contributed by atoms with Crippen molar-refractivity contribution in [3.8, 4) is 11.5 Å². The molecule has 2 aromatic rings. The van der Waals surface area contributed by atoms with Crippen LogP contribution in [0.25, 0.3) is 0 Å². The molecule has 0 saturated heterocycles. The molecule has 92 valence electrons. The van der Waals surface area contributed by atoms with Crippen LogP contribution in [0.4, 0.5) is 8.78 Å². The second-order valence-corrected chi connectivity index (χ2v) is 3.49. The van der Waals surface area contributed by atoms with E-state index in [1.54, 1.807) is 0 Å². The first-order chi connectivity index (χ1) is 8.58. The van der Waals surface area contributed by atoms with E-state index < -0.39 is 17.6 Å². The van der Waals surface area contributed by atoms with Crippen LogP contribution in [0.2, 0.25) is 0 Å². The highest BCUT2D eigenvalue weighted by atomic mass is 19.2. The minimum atomic E-state index is -1.12. The van der Waals surface area contributed by atoms with Gasteiger partial charge in [-0.05, 0) is 30.3 Å². The molecule has 0 aliphatic heterocycles. The van der Waals surface area contributed by atoms with Crippen molar-refractivity contribution in [1.82, 2.24) is 0 Å². The van der Waals surface area contributed by atoms with Crippen molar-refractivity contribution in [3.63, 3.8) is 0 Å². The molecule has 0 heterocycles. The molecule has 0 spiro atoms. The lowest BCUT2D eigenvalue weighted by Crippen LogP contribution is -1.97. The number of hydrogen-bond donors (Lipinski definition) is 1. The third-order valence-corrected chi connectivity index (χ3v) is 2.22. The highest BCUT2D eigenvalue weighted by Gasteiger charge is 2.10. The molecule has 0 atom stereocenters. The van der Waals surface area contributed by atoms with E-state index in [-0.39, 0.29) is 17.1 Å². The molecule has 18 heavy (non-hydrogen) atoms. The van der Waals surface area contributed by atoms with Crippen LogP contribution in [-0.4, -0.2) is 11.1 Å². The van der Waals surface area contributed by atoms with Gasteiger partial charge in [0, 0.05) is 0 Å². The van der Waals surface area contributed by atoms with Crippen LogP contribution < -0.4 is 4.74 Å². The molecular weight excluding hydrogens is 242 g/mol. The zero-order valence-electron chi connectivity index (χ0n) is 9.06. The average molecular weight is 250 g/mol. The SMILES string of the molecule is O=C(O)c1cccc(Oc2cccc(F)c2F)c1. The molecule has 0 bridgehead atoms. The molecule has 0 unspecified atom stereocenters. The van der Waals surface area contributed by atoms with E-state index in [0.29, 0.717) is 0 Å². The molecule has 0 radical (unpaired) electrons. The van der Waals surface area contributed by atoms with Gasteiger partial charge in [-0.1, -0.05) is 12.1 Å². The third-order valence-electron chi connectivity index (χ3n) is 2.22. The average Bonchev–Trinajstić information content (AvgIpc) is 2.35. The van der Waals surface area contributed by atoms with Gasteiger partial charge in [0.25, 0.3) is 0 Å². The molecule has 0 fully saturated rings. The number of rotatable bonds is 3. The summed E-state index contributed by atoms with van der Waals surface area (Å²) in [6.07, 6.45) is 0. The van der Waals surface area contributed by atoms with Gasteiger partial charge in [-0.3, -0.25) is 0 Å². The topological polar surface area (TPSA) is 46.5 Å². The Balaban J connectivity index is 2.31. The number of benzene rings is 2. The van der Waals surface area contributed by atoms with E-state index in [0.717, 1.165) is 6.07 Å². The van der Waals surface area contributed by atoms with Crippen molar-refractivity contribution in [2.45, 2.75) is 0 Å². The van der Waals surface area contributed by atoms with E-state index in [1.165, 1.54) is 36.4 Å². The summed E-state index contributed by atoms with van der Waals surface area (Å²) in [5, 5.41) is 8.78. The normalized spacial score (nSPS) is 10.1. The summed E-state index contributed by atoms with van der Waals surface area (Å²) in [6.45, 7) is 0. The van der Waals surface area contributed by atoms with Crippen LogP contribution in [0, 0.1) is 11.6 Å². The van der Waals surface area contributed by atoms with Crippen molar-refractivity contribution in [3.05, 3.63) is 59.7 Å². The van der Waals surface area contributed by atoms with Gasteiger partial charge in [-0.25, -0.2) is 9.18 Å². The fourth-order valence-corrected chi connectivity index (χ4v) is 1.38. The summed E-state index contributed by atoms with van der Waals surface area (Å²) in [4.78, 5) is 10.7. The molecule has 2 rings (SSSR count). The van der Waals surface area contributed by atoms with Gasteiger partial charge >= 0.3 is 5.97 Å². The maximum Gasteiger partial charge on any atom is 0.335 e. The van der Waals surface area contributed by atoms with Crippen LogP contribution in [0.1, 0.15) is 10.4 Å². The van der Waals surface area contributed by atoms with Gasteiger partial charge in [0.1, 0.15) is 5.75 Å². The predicted molar refractivity (Wildman–Crippen MR) is 59.8 cm³/mol. The number of carboxylic acid groups (broad SMARTS) is 1. The Morgan fingerprint density at radius 3 is 2.56 bits per heavy atom. The first-order valence-corrected chi connectivity index (χ1v) is 5.03. The van der Waals surface area contributed by atoms with E-state index in [1.807, 2.05) is 0 Å². The molecule has 0 saturated carbocycles. The van der Waals surface area contributed by atoms with Crippen LogP contribution in [0.5, 0.6) is 11.5 Å². The van der Waals surface area contributed by atoms with Crippen LogP contribution >= 0.6 is 0 Å². The van der Waals surface area contributed by atoms with Crippen molar-refractivity contribution < 1.29 is 23.4 Å². The summed E-state index contributed by atoms with van der Waals surface area (Å²) in [6, 6.07) is 9.03. The smallest absolute Gasteiger partial charge is 0.335 e. The van der Waals surface area contributed by atoms with E-state index in [9.17, 15) is 13.6 Å². The van der Waals surface area contributed by atoms with Crippen molar-refractivity contribution in [1.29, 1.82) is 0 Å². The molecule has 0 aliphatic carbocycles. The van der Waals surface area contributed by atoms with Gasteiger partial charge in [-0.15, -0.1) is 0 Å². The minimum Gasteiger partial charge on any atom is -0.478 e. The van der Waals surface area contributed by atoms with Crippen LogP contribution in [0.15, 0.2) is 42.5 Å².